The second kappa shape index (κ2) is 6.05. The van der Waals surface area contributed by atoms with Crippen LogP contribution in [-0.4, -0.2) is 7.12 Å². The molecule has 3 aromatic rings. The van der Waals surface area contributed by atoms with Crippen molar-refractivity contribution in [2.75, 3.05) is 0 Å². The number of hydrogen-bond acceptors (Lipinski definition) is 2. The molecule has 0 atom stereocenters. The zero-order valence-corrected chi connectivity index (χ0v) is 12.6. The topological polar surface area (TPSA) is 18.5 Å². The summed E-state index contributed by atoms with van der Waals surface area (Å²) >= 11 is 0. The third kappa shape index (κ3) is 2.73. The molecule has 1 aliphatic rings. The highest BCUT2D eigenvalue weighted by molar-refractivity contribution is 6.64. The van der Waals surface area contributed by atoms with Gasteiger partial charge in [-0.05, 0) is 0 Å². The van der Waals surface area contributed by atoms with Gasteiger partial charge in [-0.3, -0.25) is 0 Å². The van der Waals surface area contributed by atoms with Crippen molar-refractivity contribution in [2.24, 2.45) is 0 Å². The van der Waals surface area contributed by atoms with Crippen molar-refractivity contribution in [3.8, 4) is 0 Å². The van der Waals surface area contributed by atoms with Gasteiger partial charge in [-0.15, -0.1) is 0 Å². The molecule has 0 aromatic heterocycles. The van der Waals surface area contributed by atoms with E-state index in [0.717, 1.165) is 28.1 Å². The van der Waals surface area contributed by atoms with Crippen molar-refractivity contribution in [1.29, 1.82) is 0 Å². The average molecular weight is 298 g/mol. The number of benzene rings is 3. The zero-order chi connectivity index (χ0) is 15.5. The molecule has 1 aliphatic heterocycles. The monoisotopic (exact) mass is 298 g/mol. The van der Waals surface area contributed by atoms with Crippen LogP contribution < -0.4 is 5.46 Å². The van der Waals surface area contributed by atoms with Gasteiger partial charge in [0, 0.05) is 16.6 Å². The molecule has 0 radical (unpaired) electrons. The van der Waals surface area contributed by atoms with Gasteiger partial charge in [-0.2, -0.15) is 0 Å². The second-order valence-corrected chi connectivity index (χ2v) is 5.37. The van der Waals surface area contributed by atoms with Gasteiger partial charge in [0.25, 0.3) is 0 Å². The Kier molecular flexibility index (Phi) is 3.61. The van der Waals surface area contributed by atoms with E-state index in [1.807, 2.05) is 91.0 Å². The Morgan fingerprint density at radius 3 is 1.30 bits per heavy atom. The third-order valence-electron chi connectivity index (χ3n) is 3.80. The summed E-state index contributed by atoms with van der Waals surface area (Å²) in [5.74, 6) is 1.57. The van der Waals surface area contributed by atoms with Crippen LogP contribution in [0.1, 0.15) is 11.1 Å². The Balaban J connectivity index is 1.76. The second-order valence-electron chi connectivity index (χ2n) is 5.37. The van der Waals surface area contributed by atoms with Crippen LogP contribution in [0.3, 0.4) is 0 Å². The first-order chi connectivity index (χ1) is 11.4. The Morgan fingerprint density at radius 1 is 0.478 bits per heavy atom. The van der Waals surface area contributed by atoms with E-state index in [1.54, 1.807) is 0 Å². The summed E-state index contributed by atoms with van der Waals surface area (Å²) in [4.78, 5) is 0. The Hall–Kier alpha value is -2.94. The van der Waals surface area contributed by atoms with Crippen molar-refractivity contribution in [2.45, 2.75) is 0 Å². The van der Waals surface area contributed by atoms with E-state index in [-0.39, 0.29) is 0 Å². The molecule has 0 fully saturated rings. The predicted molar refractivity (Wildman–Crippen MR) is 93.7 cm³/mol. The maximum absolute atomic E-state index is 6.16. The largest absolute Gasteiger partial charge is 0.632 e. The summed E-state index contributed by atoms with van der Waals surface area (Å²) in [5, 5.41) is 0. The fourth-order valence-electron chi connectivity index (χ4n) is 2.67. The molecule has 0 bridgehead atoms. The molecule has 0 unspecified atom stereocenters. The molecule has 3 heteroatoms. The fraction of sp³-hybridized carbons (Fsp3) is 0. The standard InChI is InChI=1S/C20H15BO2/c1-4-10-16(11-5-1)19-20(17-12-6-2-7-13-17)23-21(22-19)18-14-8-3-9-15-18/h1-15H. The highest BCUT2D eigenvalue weighted by atomic mass is 16.6. The van der Waals surface area contributed by atoms with Crippen LogP contribution in [0.2, 0.25) is 0 Å². The van der Waals surface area contributed by atoms with Crippen molar-refractivity contribution in [3.05, 3.63) is 102 Å². The van der Waals surface area contributed by atoms with Crippen molar-refractivity contribution in [3.63, 3.8) is 0 Å². The van der Waals surface area contributed by atoms with Gasteiger partial charge in [-0.25, -0.2) is 0 Å². The van der Waals surface area contributed by atoms with E-state index in [9.17, 15) is 0 Å². The quantitative estimate of drug-likeness (QED) is 0.682. The molecule has 2 nitrogen and oxygen atoms in total. The lowest BCUT2D eigenvalue weighted by Gasteiger charge is -2.07. The fourth-order valence-corrected chi connectivity index (χ4v) is 2.67. The van der Waals surface area contributed by atoms with Gasteiger partial charge in [0.05, 0.1) is 0 Å². The lowest BCUT2D eigenvalue weighted by molar-refractivity contribution is 0.445. The molecular weight excluding hydrogens is 283 g/mol. The maximum Gasteiger partial charge on any atom is 0.632 e. The van der Waals surface area contributed by atoms with Crippen LogP contribution in [0.15, 0.2) is 91.0 Å². The van der Waals surface area contributed by atoms with E-state index in [0.29, 0.717) is 0 Å². The highest BCUT2D eigenvalue weighted by Crippen LogP contribution is 2.34. The van der Waals surface area contributed by atoms with Gasteiger partial charge < -0.3 is 9.31 Å². The summed E-state index contributed by atoms with van der Waals surface area (Å²) in [6.07, 6.45) is 0. The first-order valence-electron chi connectivity index (χ1n) is 7.65. The molecular formula is C20H15BO2. The summed E-state index contributed by atoms with van der Waals surface area (Å²) in [6, 6.07) is 30.2. The molecule has 0 amide bonds. The van der Waals surface area contributed by atoms with Crippen molar-refractivity contribution in [1.82, 2.24) is 0 Å². The molecule has 3 aromatic carbocycles. The molecule has 4 rings (SSSR count). The summed E-state index contributed by atoms with van der Waals surface area (Å²) in [7, 11) is -0.415. The minimum absolute atomic E-state index is 0.415. The molecule has 1 heterocycles. The molecule has 0 saturated heterocycles. The van der Waals surface area contributed by atoms with Crippen molar-refractivity contribution >= 4 is 24.1 Å². The first kappa shape index (κ1) is 13.7. The molecule has 0 saturated carbocycles. The summed E-state index contributed by atoms with van der Waals surface area (Å²) in [6.45, 7) is 0. The predicted octanol–water partition coefficient (Wildman–Crippen LogP) is 3.95. The Morgan fingerprint density at radius 2 is 0.870 bits per heavy atom. The molecule has 0 aliphatic carbocycles. The van der Waals surface area contributed by atoms with Gasteiger partial charge in [0.15, 0.2) is 11.5 Å². The normalized spacial score (nSPS) is 13.7. The molecule has 0 spiro atoms. The lowest BCUT2D eigenvalue weighted by Crippen LogP contribution is -2.31. The van der Waals surface area contributed by atoms with Gasteiger partial charge in [0.2, 0.25) is 0 Å². The smallest absolute Gasteiger partial charge is 0.519 e. The van der Waals surface area contributed by atoms with Crippen LogP contribution in [-0.2, 0) is 9.31 Å². The van der Waals surface area contributed by atoms with Crippen LogP contribution in [0, 0.1) is 0 Å². The van der Waals surface area contributed by atoms with Crippen molar-refractivity contribution < 1.29 is 9.31 Å². The highest BCUT2D eigenvalue weighted by Gasteiger charge is 2.36. The van der Waals surface area contributed by atoms with E-state index >= 15 is 0 Å². The number of rotatable bonds is 3. The van der Waals surface area contributed by atoms with Crippen LogP contribution in [0.5, 0.6) is 0 Å². The minimum Gasteiger partial charge on any atom is -0.519 e. The Labute approximate surface area is 136 Å². The van der Waals surface area contributed by atoms with Gasteiger partial charge in [-0.1, -0.05) is 91.0 Å². The van der Waals surface area contributed by atoms with Crippen LogP contribution in [0.4, 0.5) is 0 Å². The molecule has 110 valence electrons. The average Bonchev–Trinajstić information content (AvgIpc) is 3.09. The summed E-state index contributed by atoms with van der Waals surface area (Å²) in [5.41, 5.74) is 3.04. The first-order valence-corrected chi connectivity index (χ1v) is 7.65. The van der Waals surface area contributed by atoms with Gasteiger partial charge >= 0.3 is 7.12 Å². The number of hydrogen-bond donors (Lipinski definition) is 0. The molecule has 23 heavy (non-hydrogen) atoms. The van der Waals surface area contributed by atoms with E-state index in [2.05, 4.69) is 0 Å². The van der Waals surface area contributed by atoms with E-state index in [4.69, 9.17) is 9.31 Å². The zero-order valence-electron chi connectivity index (χ0n) is 12.6. The van der Waals surface area contributed by atoms with E-state index < -0.39 is 7.12 Å². The third-order valence-corrected chi connectivity index (χ3v) is 3.80. The lowest BCUT2D eigenvalue weighted by atomic mass is 9.79. The maximum atomic E-state index is 6.16. The SMILES string of the molecule is c1ccc(B2OC(c3ccccc3)=C(c3ccccc3)O2)cc1. The van der Waals surface area contributed by atoms with Gasteiger partial charge in [0.1, 0.15) is 0 Å². The van der Waals surface area contributed by atoms with Crippen LogP contribution in [0.25, 0.3) is 11.5 Å². The van der Waals surface area contributed by atoms with Crippen LogP contribution >= 0.6 is 0 Å². The molecule has 0 N–H and O–H groups in total. The minimum atomic E-state index is -0.415. The van der Waals surface area contributed by atoms with E-state index in [1.165, 1.54) is 0 Å². The summed E-state index contributed by atoms with van der Waals surface area (Å²) < 4.78 is 12.3. The Bertz CT molecular complexity index is 763.